The highest BCUT2D eigenvalue weighted by molar-refractivity contribution is 5.76. The molecule has 3 aliphatic rings. The molecule has 6 heteroatoms. The highest BCUT2D eigenvalue weighted by atomic mass is 16.5. The van der Waals surface area contributed by atoms with Crippen molar-refractivity contribution in [3.8, 4) is 0 Å². The third-order valence-corrected chi connectivity index (χ3v) is 4.71. The van der Waals surface area contributed by atoms with E-state index in [9.17, 15) is 9.59 Å². The van der Waals surface area contributed by atoms with E-state index < -0.39 is 5.97 Å². The number of urea groups is 1. The number of carbonyl (C=O) groups excluding carboxylic acids is 1. The van der Waals surface area contributed by atoms with Gasteiger partial charge in [0.25, 0.3) is 0 Å². The summed E-state index contributed by atoms with van der Waals surface area (Å²) in [6.07, 6.45) is 6.27. The highest BCUT2D eigenvalue weighted by Gasteiger charge is 2.42. The smallest absolute Gasteiger partial charge is 0.317 e. The van der Waals surface area contributed by atoms with Gasteiger partial charge in [0.05, 0.1) is 24.7 Å². The average Bonchev–Trinajstić information content (AvgIpc) is 3.00. The number of likely N-dealkylation sites (tertiary alicyclic amines) is 1. The van der Waals surface area contributed by atoms with Gasteiger partial charge < -0.3 is 20.1 Å². The lowest BCUT2D eigenvalue weighted by atomic mass is 9.95. The van der Waals surface area contributed by atoms with Crippen LogP contribution in [0.4, 0.5) is 4.79 Å². The summed E-state index contributed by atoms with van der Waals surface area (Å²) in [5.74, 6) is -0.835. The van der Waals surface area contributed by atoms with Gasteiger partial charge in [-0.15, -0.1) is 0 Å². The Hall–Kier alpha value is -1.30. The van der Waals surface area contributed by atoms with E-state index in [1.807, 2.05) is 0 Å². The average molecular weight is 282 g/mol. The number of aliphatic carboxylic acids is 1. The summed E-state index contributed by atoms with van der Waals surface area (Å²) in [4.78, 5) is 25.0. The number of hydrogen-bond acceptors (Lipinski definition) is 3. The van der Waals surface area contributed by atoms with Crippen LogP contribution in [0, 0.1) is 0 Å². The Kier molecular flexibility index (Phi) is 3.83. The van der Waals surface area contributed by atoms with E-state index in [1.54, 1.807) is 4.90 Å². The van der Waals surface area contributed by atoms with E-state index in [4.69, 9.17) is 9.84 Å². The molecule has 3 rings (SSSR count). The Morgan fingerprint density at radius 2 is 2.10 bits per heavy atom. The summed E-state index contributed by atoms with van der Waals surface area (Å²) in [5.41, 5.74) is 0. The van der Waals surface area contributed by atoms with E-state index >= 15 is 0 Å². The molecular formula is C14H22N2O4. The fraction of sp³-hybridized carbons (Fsp3) is 0.857. The SMILES string of the molecule is O=C(O)CC1CCCCN1C(=O)NC1CC2CCC1O2. The van der Waals surface area contributed by atoms with Crippen molar-refractivity contribution in [2.45, 2.75) is 69.2 Å². The van der Waals surface area contributed by atoms with Crippen LogP contribution in [0.3, 0.4) is 0 Å². The molecule has 2 amide bonds. The number of amides is 2. The summed E-state index contributed by atoms with van der Waals surface area (Å²) in [7, 11) is 0. The summed E-state index contributed by atoms with van der Waals surface area (Å²) >= 11 is 0. The number of nitrogens with one attached hydrogen (secondary N) is 1. The third kappa shape index (κ3) is 2.75. The Labute approximate surface area is 118 Å². The zero-order chi connectivity index (χ0) is 14.1. The monoisotopic (exact) mass is 282 g/mol. The van der Waals surface area contributed by atoms with Gasteiger partial charge in [0.1, 0.15) is 0 Å². The van der Waals surface area contributed by atoms with E-state index in [1.165, 1.54) is 0 Å². The largest absolute Gasteiger partial charge is 0.481 e. The summed E-state index contributed by atoms with van der Waals surface area (Å²) in [5, 5.41) is 12.0. The molecule has 112 valence electrons. The minimum Gasteiger partial charge on any atom is -0.481 e. The van der Waals surface area contributed by atoms with Crippen LogP contribution in [0.25, 0.3) is 0 Å². The second-order valence-corrected chi connectivity index (χ2v) is 6.11. The van der Waals surface area contributed by atoms with Gasteiger partial charge in [0, 0.05) is 12.6 Å². The van der Waals surface area contributed by atoms with Crippen molar-refractivity contribution in [1.82, 2.24) is 10.2 Å². The molecule has 20 heavy (non-hydrogen) atoms. The molecule has 2 N–H and O–H groups in total. The topological polar surface area (TPSA) is 78.9 Å². The first-order chi connectivity index (χ1) is 9.63. The molecule has 0 aromatic rings. The van der Waals surface area contributed by atoms with E-state index in [-0.39, 0.29) is 30.6 Å². The van der Waals surface area contributed by atoms with Crippen LogP contribution >= 0.6 is 0 Å². The molecule has 6 nitrogen and oxygen atoms in total. The lowest BCUT2D eigenvalue weighted by Crippen LogP contribution is -2.53. The van der Waals surface area contributed by atoms with Crippen LogP contribution < -0.4 is 5.32 Å². The Balaban J connectivity index is 1.58. The minimum atomic E-state index is -0.835. The molecule has 3 saturated heterocycles. The van der Waals surface area contributed by atoms with Crippen molar-refractivity contribution in [1.29, 1.82) is 0 Å². The number of piperidine rings is 1. The molecule has 0 aliphatic carbocycles. The lowest BCUT2D eigenvalue weighted by Gasteiger charge is -2.36. The number of hydrogen-bond donors (Lipinski definition) is 2. The van der Waals surface area contributed by atoms with Gasteiger partial charge >= 0.3 is 12.0 Å². The van der Waals surface area contributed by atoms with Gasteiger partial charge in [-0.2, -0.15) is 0 Å². The van der Waals surface area contributed by atoms with Gasteiger partial charge in [-0.3, -0.25) is 4.79 Å². The highest BCUT2D eigenvalue weighted by Crippen LogP contribution is 2.34. The summed E-state index contributed by atoms with van der Waals surface area (Å²) < 4.78 is 5.74. The molecule has 3 heterocycles. The van der Waals surface area contributed by atoms with Crippen molar-refractivity contribution in [3.63, 3.8) is 0 Å². The zero-order valence-corrected chi connectivity index (χ0v) is 11.6. The Bertz CT molecular complexity index is 401. The number of carboxylic acid groups (broad SMARTS) is 1. The van der Waals surface area contributed by atoms with Crippen molar-refractivity contribution in [2.75, 3.05) is 6.54 Å². The van der Waals surface area contributed by atoms with Gasteiger partial charge in [-0.25, -0.2) is 4.79 Å². The maximum absolute atomic E-state index is 12.4. The quantitative estimate of drug-likeness (QED) is 0.819. The van der Waals surface area contributed by atoms with Gasteiger partial charge in [0.15, 0.2) is 0 Å². The molecule has 0 aromatic heterocycles. The second kappa shape index (κ2) is 5.60. The zero-order valence-electron chi connectivity index (χ0n) is 11.6. The third-order valence-electron chi connectivity index (χ3n) is 4.71. The molecule has 0 spiro atoms. The second-order valence-electron chi connectivity index (χ2n) is 6.11. The Morgan fingerprint density at radius 3 is 2.75 bits per heavy atom. The van der Waals surface area contributed by atoms with E-state index in [2.05, 4.69) is 5.32 Å². The van der Waals surface area contributed by atoms with Crippen molar-refractivity contribution >= 4 is 12.0 Å². The van der Waals surface area contributed by atoms with Crippen molar-refractivity contribution in [3.05, 3.63) is 0 Å². The maximum Gasteiger partial charge on any atom is 0.317 e. The molecular weight excluding hydrogens is 260 g/mol. The molecule has 4 atom stereocenters. The molecule has 4 unspecified atom stereocenters. The molecule has 0 radical (unpaired) electrons. The maximum atomic E-state index is 12.4. The van der Waals surface area contributed by atoms with Crippen LogP contribution in [0.1, 0.15) is 44.9 Å². The summed E-state index contributed by atoms with van der Waals surface area (Å²) in [6, 6.07) is -0.175. The predicted molar refractivity (Wildman–Crippen MR) is 71.4 cm³/mol. The van der Waals surface area contributed by atoms with E-state index in [0.717, 1.165) is 38.5 Å². The van der Waals surface area contributed by atoms with Gasteiger partial charge in [0.2, 0.25) is 0 Å². The molecule has 3 fully saturated rings. The number of ether oxygens (including phenoxy) is 1. The van der Waals surface area contributed by atoms with Gasteiger partial charge in [-0.1, -0.05) is 0 Å². The lowest BCUT2D eigenvalue weighted by molar-refractivity contribution is -0.138. The minimum absolute atomic E-state index is 0.0423. The number of fused-ring (bicyclic) bond motifs is 2. The first-order valence-electron chi connectivity index (χ1n) is 7.58. The fourth-order valence-corrected chi connectivity index (χ4v) is 3.71. The molecule has 3 aliphatic heterocycles. The molecule has 0 saturated carbocycles. The van der Waals surface area contributed by atoms with E-state index in [0.29, 0.717) is 12.6 Å². The summed E-state index contributed by atoms with van der Waals surface area (Å²) in [6.45, 7) is 0.658. The van der Waals surface area contributed by atoms with Gasteiger partial charge in [-0.05, 0) is 38.5 Å². The van der Waals surface area contributed by atoms with Crippen LogP contribution in [0.15, 0.2) is 0 Å². The first kappa shape index (κ1) is 13.7. The van der Waals surface area contributed by atoms with Crippen LogP contribution in [0.5, 0.6) is 0 Å². The number of nitrogens with zero attached hydrogens (tertiary/aromatic N) is 1. The molecule has 0 aromatic carbocycles. The van der Waals surface area contributed by atoms with Crippen molar-refractivity contribution in [2.24, 2.45) is 0 Å². The number of rotatable bonds is 3. The van der Waals surface area contributed by atoms with Crippen molar-refractivity contribution < 1.29 is 19.4 Å². The van der Waals surface area contributed by atoms with Crippen LogP contribution in [-0.4, -0.2) is 52.8 Å². The fourth-order valence-electron chi connectivity index (χ4n) is 3.71. The first-order valence-corrected chi connectivity index (χ1v) is 7.58. The number of carbonyl (C=O) groups is 2. The van der Waals surface area contributed by atoms with Crippen LogP contribution in [-0.2, 0) is 9.53 Å². The predicted octanol–water partition coefficient (Wildman–Crippen LogP) is 1.35. The Morgan fingerprint density at radius 1 is 1.25 bits per heavy atom. The van der Waals surface area contributed by atoms with Crippen LogP contribution in [0.2, 0.25) is 0 Å². The number of carboxylic acids is 1. The normalized spacial score (nSPS) is 36.1. The standard InChI is InChI=1S/C14H22N2O4/c17-13(18)7-9-3-1-2-6-16(9)14(19)15-11-8-10-4-5-12(11)20-10/h9-12H,1-8H2,(H,15,19)(H,17,18). The molecule has 2 bridgehead atoms.